The van der Waals surface area contributed by atoms with Crippen molar-refractivity contribution in [2.24, 2.45) is 0 Å². The molecule has 0 radical (unpaired) electrons. The van der Waals surface area contributed by atoms with Gasteiger partial charge in [0.15, 0.2) is 0 Å². The Morgan fingerprint density at radius 2 is 1.85 bits per heavy atom. The minimum atomic E-state index is -4.14. The SMILES string of the molecule is [2H]C(F)(F)SS(=O)(=O)c1ccccc1. The average Bonchev–Trinajstić information content (AvgIpc) is 2.01. The summed E-state index contributed by atoms with van der Waals surface area (Å²) < 4.78 is 52.9. The molecule has 0 saturated heterocycles. The molecule has 0 unspecified atom stereocenters. The molecule has 13 heavy (non-hydrogen) atoms. The molecule has 0 aliphatic heterocycles. The fourth-order valence-electron chi connectivity index (χ4n) is 0.718. The Morgan fingerprint density at radius 1 is 1.31 bits per heavy atom. The Bertz CT molecular complexity index is 399. The van der Waals surface area contributed by atoms with E-state index < -0.39 is 25.4 Å². The predicted octanol–water partition coefficient (Wildman–Crippen LogP) is 2.33. The molecule has 0 amide bonds. The van der Waals surface area contributed by atoms with Crippen molar-refractivity contribution >= 4 is 19.7 Å². The molecular formula is C7H6F2O2S2. The summed E-state index contributed by atoms with van der Waals surface area (Å²) in [6.45, 7) is 0. The first-order valence-corrected chi connectivity index (χ1v) is 6.01. The third kappa shape index (κ3) is 2.96. The fourth-order valence-corrected chi connectivity index (χ4v) is 2.59. The van der Waals surface area contributed by atoms with Crippen molar-refractivity contribution in [3.05, 3.63) is 30.3 Å². The minimum Gasteiger partial charge on any atom is -0.212 e. The van der Waals surface area contributed by atoms with Crippen molar-refractivity contribution in [3.8, 4) is 0 Å². The van der Waals surface area contributed by atoms with E-state index in [1.54, 1.807) is 6.07 Å². The van der Waals surface area contributed by atoms with Gasteiger partial charge in [0.2, 0.25) is 8.87 Å². The average molecular weight is 225 g/mol. The van der Waals surface area contributed by atoms with Crippen LogP contribution in [0, 0.1) is 0 Å². The van der Waals surface area contributed by atoms with Gasteiger partial charge in [-0.3, -0.25) is 0 Å². The second-order valence-corrected chi connectivity index (χ2v) is 5.75. The molecule has 0 aliphatic carbocycles. The summed E-state index contributed by atoms with van der Waals surface area (Å²) in [5, 5.41) is 0. The molecule has 0 N–H and O–H groups in total. The van der Waals surface area contributed by atoms with Crippen LogP contribution in [0.25, 0.3) is 0 Å². The van der Waals surface area contributed by atoms with Crippen LogP contribution in [0.5, 0.6) is 0 Å². The van der Waals surface area contributed by atoms with Crippen molar-refractivity contribution in [2.75, 3.05) is 0 Å². The number of rotatable bonds is 3. The summed E-state index contributed by atoms with van der Waals surface area (Å²) in [5.74, 6) is 0. The van der Waals surface area contributed by atoms with Gasteiger partial charge in [0.25, 0.3) is 5.73 Å². The molecule has 0 bridgehead atoms. The summed E-state index contributed by atoms with van der Waals surface area (Å²) in [7, 11) is -4.82. The largest absolute Gasteiger partial charge is 0.298 e. The summed E-state index contributed by atoms with van der Waals surface area (Å²) in [6.07, 6.45) is 0. The van der Waals surface area contributed by atoms with Crippen LogP contribution in [0.2, 0.25) is 0 Å². The first-order chi connectivity index (χ1) is 6.31. The highest BCUT2D eigenvalue weighted by Gasteiger charge is 2.20. The van der Waals surface area contributed by atoms with Crippen LogP contribution >= 0.6 is 10.8 Å². The normalized spacial score (nSPS) is 13.8. The first kappa shape index (κ1) is 8.96. The van der Waals surface area contributed by atoms with Gasteiger partial charge >= 0.3 is 0 Å². The zero-order chi connectivity index (χ0) is 10.8. The van der Waals surface area contributed by atoms with Crippen LogP contribution in [0.15, 0.2) is 35.2 Å². The van der Waals surface area contributed by atoms with E-state index >= 15 is 0 Å². The van der Waals surface area contributed by atoms with Gasteiger partial charge in [-0.05, 0) is 12.1 Å². The van der Waals surface area contributed by atoms with Crippen molar-refractivity contribution in [1.29, 1.82) is 0 Å². The Kier molecular flexibility index (Phi) is 2.80. The lowest BCUT2D eigenvalue weighted by Crippen LogP contribution is -1.98. The minimum absolute atomic E-state index is 0.225. The van der Waals surface area contributed by atoms with Gasteiger partial charge in [-0.25, -0.2) is 8.42 Å². The highest BCUT2D eigenvalue weighted by molar-refractivity contribution is 8.72. The van der Waals surface area contributed by atoms with Gasteiger partial charge in [-0.2, -0.15) is 8.78 Å². The fraction of sp³-hybridized carbons (Fsp3) is 0.143. The third-order valence-corrected chi connectivity index (χ3v) is 4.01. The van der Waals surface area contributed by atoms with Crippen LogP contribution in [0.1, 0.15) is 1.37 Å². The molecule has 6 heteroatoms. The van der Waals surface area contributed by atoms with E-state index in [1.807, 2.05) is 0 Å². The predicted molar refractivity (Wildman–Crippen MR) is 47.2 cm³/mol. The van der Waals surface area contributed by atoms with E-state index in [9.17, 15) is 17.2 Å². The zero-order valence-corrected chi connectivity index (χ0v) is 7.91. The molecule has 1 aromatic rings. The monoisotopic (exact) mass is 225 g/mol. The van der Waals surface area contributed by atoms with Crippen molar-refractivity contribution in [1.82, 2.24) is 0 Å². The van der Waals surface area contributed by atoms with Gasteiger partial charge in [0.05, 0.1) is 4.90 Å². The highest BCUT2D eigenvalue weighted by Crippen LogP contribution is 2.28. The van der Waals surface area contributed by atoms with Crippen LogP contribution in [0.3, 0.4) is 0 Å². The molecule has 0 aliphatic rings. The maximum Gasteiger partial charge on any atom is 0.298 e. The van der Waals surface area contributed by atoms with Crippen LogP contribution < -0.4 is 0 Å². The van der Waals surface area contributed by atoms with Gasteiger partial charge in [-0.1, -0.05) is 18.2 Å². The van der Waals surface area contributed by atoms with Crippen LogP contribution in [-0.2, 0) is 8.87 Å². The summed E-state index contributed by atoms with van der Waals surface area (Å²) in [5.41, 5.74) is -4.03. The van der Waals surface area contributed by atoms with Gasteiger partial charge in [-0.15, -0.1) is 0 Å². The van der Waals surface area contributed by atoms with E-state index in [-0.39, 0.29) is 4.90 Å². The van der Waals surface area contributed by atoms with Crippen LogP contribution in [-0.4, -0.2) is 14.2 Å². The molecule has 0 saturated carbocycles. The highest BCUT2D eigenvalue weighted by atomic mass is 33.1. The molecule has 2 nitrogen and oxygen atoms in total. The molecular weight excluding hydrogens is 218 g/mol. The Labute approximate surface area is 79.7 Å². The number of alkyl halides is 2. The molecule has 0 heterocycles. The van der Waals surface area contributed by atoms with E-state index in [2.05, 4.69) is 0 Å². The Morgan fingerprint density at radius 3 is 2.31 bits per heavy atom. The van der Waals surface area contributed by atoms with E-state index in [1.165, 1.54) is 24.3 Å². The van der Waals surface area contributed by atoms with Crippen LogP contribution in [0.4, 0.5) is 8.78 Å². The van der Waals surface area contributed by atoms with Gasteiger partial charge < -0.3 is 0 Å². The van der Waals surface area contributed by atoms with Crippen molar-refractivity contribution in [3.63, 3.8) is 0 Å². The summed E-state index contributed by atoms with van der Waals surface area (Å²) in [4.78, 5) is -0.225. The maximum atomic E-state index is 12.2. The molecule has 0 aromatic heterocycles. The standard InChI is InChI=1S/C7H6F2O2S2/c8-7(9)12-13(10,11)6-4-2-1-3-5-6/h1-5,7H/i7D. The Balaban J connectivity index is 2.99. The smallest absolute Gasteiger partial charge is 0.212 e. The maximum absolute atomic E-state index is 12.2. The molecule has 0 atom stereocenters. The second-order valence-electron chi connectivity index (χ2n) is 2.08. The number of halogens is 2. The topological polar surface area (TPSA) is 34.1 Å². The lowest BCUT2D eigenvalue weighted by molar-refractivity contribution is 0.254. The van der Waals surface area contributed by atoms with E-state index in [0.717, 1.165) is 0 Å². The Hall–Kier alpha value is -0.620. The molecule has 1 rings (SSSR count). The van der Waals surface area contributed by atoms with E-state index in [0.29, 0.717) is 0 Å². The molecule has 1 aromatic carbocycles. The van der Waals surface area contributed by atoms with Gasteiger partial charge in [0.1, 0.15) is 1.37 Å². The zero-order valence-electron chi connectivity index (χ0n) is 7.28. The third-order valence-electron chi connectivity index (χ3n) is 1.20. The quantitative estimate of drug-likeness (QED) is 0.740. The summed E-state index contributed by atoms with van der Waals surface area (Å²) >= 11 is 0. The van der Waals surface area contributed by atoms with Gasteiger partial charge in [0, 0.05) is 10.8 Å². The number of hydrogen-bond acceptors (Lipinski definition) is 3. The lowest BCUT2D eigenvalue weighted by Gasteiger charge is -2.01. The first-order valence-electron chi connectivity index (χ1n) is 3.70. The molecule has 72 valence electrons. The van der Waals surface area contributed by atoms with E-state index in [4.69, 9.17) is 1.37 Å². The number of hydrogen-bond donors (Lipinski definition) is 0. The second kappa shape index (κ2) is 4.06. The summed E-state index contributed by atoms with van der Waals surface area (Å²) in [6, 6.07) is 6.83. The number of benzene rings is 1. The lowest BCUT2D eigenvalue weighted by atomic mass is 10.4. The molecule has 0 fully saturated rings. The van der Waals surface area contributed by atoms with Crippen molar-refractivity contribution < 1.29 is 18.6 Å². The van der Waals surface area contributed by atoms with Crippen molar-refractivity contribution in [2.45, 2.75) is 10.6 Å². The molecule has 0 spiro atoms.